The molecule has 0 aliphatic heterocycles. The van der Waals surface area contributed by atoms with E-state index in [1.807, 2.05) is 25.5 Å². The summed E-state index contributed by atoms with van der Waals surface area (Å²) in [5, 5.41) is 0. The van der Waals surface area contributed by atoms with Gasteiger partial charge < -0.3 is 4.57 Å². The summed E-state index contributed by atoms with van der Waals surface area (Å²) >= 11 is 0. The van der Waals surface area contributed by atoms with Crippen LogP contribution in [0.15, 0.2) is 18.7 Å². The molecule has 0 atom stereocenters. The molecule has 78 valence electrons. The van der Waals surface area contributed by atoms with E-state index in [0.717, 1.165) is 11.0 Å². The lowest BCUT2D eigenvalue weighted by Gasteiger charge is -2.06. The van der Waals surface area contributed by atoms with E-state index in [-0.39, 0.29) is 11.7 Å². The van der Waals surface area contributed by atoms with Crippen LogP contribution in [0.4, 0.5) is 0 Å². The Morgan fingerprint density at radius 1 is 1.40 bits per heavy atom. The second-order valence-electron chi connectivity index (χ2n) is 3.93. The van der Waals surface area contributed by atoms with Crippen LogP contribution in [0.3, 0.4) is 0 Å². The zero-order valence-corrected chi connectivity index (χ0v) is 9.06. The number of hydrogen-bond acceptors (Lipinski definition) is 3. The molecule has 0 fully saturated rings. The van der Waals surface area contributed by atoms with Crippen LogP contribution in [0, 0.1) is 5.92 Å². The molecule has 0 N–H and O–H groups in total. The number of aromatic nitrogens is 3. The minimum absolute atomic E-state index is 0.0210. The molecule has 0 saturated carbocycles. The fraction of sp³-hybridized carbons (Fsp3) is 0.364. The lowest BCUT2D eigenvalue weighted by atomic mass is 10.0. The number of nitrogens with zero attached hydrogens (tertiary/aromatic N) is 3. The summed E-state index contributed by atoms with van der Waals surface area (Å²) in [4.78, 5) is 20.1. The smallest absolute Gasteiger partial charge is 0.169 e. The lowest BCUT2D eigenvalue weighted by Crippen LogP contribution is -2.09. The Kier molecular flexibility index (Phi) is 2.26. The zero-order valence-electron chi connectivity index (χ0n) is 9.06. The van der Waals surface area contributed by atoms with E-state index >= 15 is 0 Å². The number of rotatable bonds is 2. The minimum Gasteiger partial charge on any atom is -0.333 e. The highest BCUT2D eigenvalue weighted by atomic mass is 16.1. The molecule has 0 unspecified atom stereocenters. The average molecular weight is 203 g/mol. The molecule has 0 radical (unpaired) electrons. The summed E-state index contributed by atoms with van der Waals surface area (Å²) in [6.45, 7) is 3.77. The van der Waals surface area contributed by atoms with Crippen LogP contribution in [-0.2, 0) is 7.05 Å². The van der Waals surface area contributed by atoms with Crippen LogP contribution in [0.25, 0.3) is 11.0 Å². The van der Waals surface area contributed by atoms with Crippen molar-refractivity contribution in [2.45, 2.75) is 13.8 Å². The number of fused-ring (bicyclic) bond motifs is 1. The van der Waals surface area contributed by atoms with Gasteiger partial charge in [-0.2, -0.15) is 0 Å². The van der Waals surface area contributed by atoms with Gasteiger partial charge in [-0.25, -0.2) is 4.98 Å². The van der Waals surface area contributed by atoms with Crippen molar-refractivity contribution in [1.29, 1.82) is 0 Å². The Balaban J connectivity index is 2.70. The Hall–Kier alpha value is -1.71. The van der Waals surface area contributed by atoms with Crippen molar-refractivity contribution in [1.82, 2.24) is 14.5 Å². The van der Waals surface area contributed by atoms with E-state index in [0.29, 0.717) is 5.56 Å². The Morgan fingerprint density at radius 3 is 2.80 bits per heavy atom. The summed E-state index contributed by atoms with van der Waals surface area (Å²) in [6, 6.07) is 0. The van der Waals surface area contributed by atoms with Crippen LogP contribution in [0.1, 0.15) is 24.2 Å². The van der Waals surface area contributed by atoms with E-state index < -0.39 is 0 Å². The number of aryl methyl sites for hydroxylation is 1. The van der Waals surface area contributed by atoms with E-state index in [9.17, 15) is 4.79 Å². The fourth-order valence-corrected chi connectivity index (χ4v) is 1.61. The molecule has 4 heteroatoms. The number of pyridine rings is 1. The van der Waals surface area contributed by atoms with E-state index in [4.69, 9.17) is 0 Å². The first-order chi connectivity index (χ1) is 7.11. The molecule has 2 heterocycles. The fourth-order valence-electron chi connectivity index (χ4n) is 1.61. The number of hydrogen-bond donors (Lipinski definition) is 0. The average Bonchev–Trinajstić information content (AvgIpc) is 2.59. The highest BCUT2D eigenvalue weighted by Crippen LogP contribution is 2.18. The topological polar surface area (TPSA) is 47.8 Å². The van der Waals surface area contributed by atoms with Crippen LogP contribution in [-0.4, -0.2) is 20.3 Å². The Bertz CT molecular complexity index is 514. The minimum atomic E-state index is -0.0210. The number of ketones is 1. The van der Waals surface area contributed by atoms with Crippen molar-refractivity contribution >= 4 is 16.8 Å². The Labute approximate surface area is 88.0 Å². The van der Waals surface area contributed by atoms with Gasteiger partial charge in [-0.3, -0.25) is 9.78 Å². The predicted octanol–water partition coefficient (Wildman–Crippen LogP) is 1.81. The third-order valence-electron chi connectivity index (χ3n) is 2.41. The molecule has 0 spiro atoms. The van der Waals surface area contributed by atoms with Gasteiger partial charge in [-0.15, -0.1) is 0 Å². The second-order valence-corrected chi connectivity index (χ2v) is 3.93. The van der Waals surface area contributed by atoms with Gasteiger partial charge >= 0.3 is 0 Å². The van der Waals surface area contributed by atoms with Crippen molar-refractivity contribution in [3.05, 3.63) is 24.3 Å². The molecule has 2 aromatic heterocycles. The van der Waals surface area contributed by atoms with Crippen molar-refractivity contribution < 1.29 is 4.79 Å². The molecule has 0 saturated heterocycles. The van der Waals surface area contributed by atoms with Gasteiger partial charge in [0.2, 0.25) is 0 Å². The largest absolute Gasteiger partial charge is 0.333 e. The molecule has 0 bridgehead atoms. The molecular weight excluding hydrogens is 190 g/mol. The van der Waals surface area contributed by atoms with E-state index in [1.165, 1.54) is 0 Å². The normalized spacial score (nSPS) is 11.2. The van der Waals surface area contributed by atoms with Gasteiger partial charge in [0.1, 0.15) is 5.52 Å². The van der Waals surface area contributed by atoms with Gasteiger partial charge in [0, 0.05) is 19.2 Å². The maximum Gasteiger partial charge on any atom is 0.169 e. The van der Waals surface area contributed by atoms with E-state index in [1.54, 1.807) is 18.7 Å². The van der Waals surface area contributed by atoms with Gasteiger partial charge in [-0.1, -0.05) is 13.8 Å². The third kappa shape index (κ3) is 1.52. The maximum absolute atomic E-state index is 11.9. The van der Waals surface area contributed by atoms with E-state index in [2.05, 4.69) is 9.97 Å². The van der Waals surface area contributed by atoms with Gasteiger partial charge in [0.05, 0.1) is 23.6 Å². The van der Waals surface area contributed by atoms with Crippen molar-refractivity contribution in [2.75, 3.05) is 0 Å². The maximum atomic E-state index is 11.9. The Morgan fingerprint density at radius 2 is 2.13 bits per heavy atom. The number of carbonyl (C=O) groups excluding carboxylic acids is 1. The van der Waals surface area contributed by atoms with Crippen LogP contribution >= 0.6 is 0 Å². The SMILES string of the molecule is CC(C)C(=O)c1cncc2ncn(C)c12. The number of imidazole rings is 1. The zero-order chi connectivity index (χ0) is 11.0. The molecule has 0 aromatic carbocycles. The van der Waals surface area contributed by atoms with Gasteiger partial charge in [0.15, 0.2) is 5.78 Å². The molecule has 0 amide bonds. The highest BCUT2D eigenvalue weighted by molar-refractivity contribution is 6.06. The standard InChI is InChI=1S/C11H13N3O/c1-7(2)11(15)8-4-12-5-9-10(8)14(3)6-13-9/h4-7H,1-3H3. The van der Waals surface area contributed by atoms with Crippen LogP contribution < -0.4 is 0 Å². The number of Topliss-reactive ketones (excluding diaryl/α,β-unsaturated/α-hetero) is 1. The number of carbonyl (C=O) groups is 1. The van der Waals surface area contributed by atoms with Crippen molar-refractivity contribution in [3.63, 3.8) is 0 Å². The molecule has 0 aliphatic rings. The van der Waals surface area contributed by atoms with Crippen LogP contribution in [0.2, 0.25) is 0 Å². The monoisotopic (exact) mass is 203 g/mol. The third-order valence-corrected chi connectivity index (χ3v) is 2.41. The summed E-state index contributed by atoms with van der Waals surface area (Å²) < 4.78 is 1.85. The summed E-state index contributed by atoms with van der Waals surface area (Å²) in [6.07, 6.45) is 4.99. The molecule has 15 heavy (non-hydrogen) atoms. The first-order valence-electron chi connectivity index (χ1n) is 4.90. The molecule has 2 rings (SSSR count). The van der Waals surface area contributed by atoms with Gasteiger partial charge in [0.25, 0.3) is 0 Å². The van der Waals surface area contributed by atoms with Crippen molar-refractivity contribution in [2.24, 2.45) is 13.0 Å². The predicted molar refractivity (Wildman–Crippen MR) is 57.7 cm³/mol. The van der Waals surface area contributed by atoms with Crippen LogP contribution in [0.5, 0.6) is 0 Å². The molecular formula is C11H13N3O. The molecule has 2 aromatic rings. The lowest BCUT2D eigenvalue weighted by molar-refractivity contribution is 0.0940. The van der Waals surface area contributed by atoms with Crippen molar-refractivity contribution in [3.8, 4) is 0 Å². The molecule has 4 nitrogen and oxygen atoms in total. The first-order valence-corrected chi connectivity index (χ1v) is 4.90. The first kappa shape index (κ1) is 9.83. The van der Waals surface area contributed by atoms with Gasteiger partial charge in [-0.05, 0) is 0 Å². The summed E-state index contributed by atoms with van der Waals surface area (Å²) in [5.74, 6) is 0.0870. The summed E-state index contributed by atoms with van der Waals surface area (Å²) in [7, 11) is 1.88. The molecule has 0 aliphatic carbocycles. The highest BCUT2D eigenvalue weighted by Gasteiger charge is 2.16. The second kappa shape index (κ2) is 3.46. The quantitative estimate of drug-likeness (QED) is 0.699. The summed E-state index contributed by atoms with van der Waals surface area (Å²) in [5.41, 5.74) is 2.29.